The van der Waals surface area contributed by atoms with Crippen molar-refractivity contribution in [1.82, 2.24) is 5.32 Å². The number of carbonyl (C=O) groups excluding carboxylic acids is 1. The van der Waals surface area contributed by atoms with E-state index in [2.05, 4.69) is 17.2 Å². The smallest absolute Gasteiger partial charge is 0.239 e. The summed E-state index contributed by atoms with van der Waals surface area (Å²) in [5.74, 6) is 0.732. The molecule has 0 aliphatic heterocycles. The molecule has 17 heavy (non-hydrogen) atoms. The van der Waals surface area contributed by atoms with Gasteiger partial charge < -0.3 is 15.4 Å². The van der Waals surface area contributed by atoms with Crippen molar-refractivity contribution in [3.63, 3.8) is 0 Å². The lowest BCUT2D eigenvalue weighted by Gasteiger charge is -2.08. The number of ether oxygens (including phenoxy) is 1. The van der Waals surface area contributed by atoms with Crippen LogP contribution in [0.15, 0.2) is 36.9 Å². The van der Waals surface area contributed by atoms with Gasteiger partial charge in [-0.2, -0.15) is 0 Å². The van der Waals surface area contributed by atoms with Gasteiger partial charge in [-0.1, -0.05) is 12.1 Å². The molecule has 0 unspecified atom stereocenters. The van der Waals surface area contributed by atoms with E-state index in [0.29, 0.717) is 13.2 Å². The van der Waals surface area contributed by atoms with Crippen LogP contribution in [-0.4, -0.2) is 25.6 Å². The third-order valence-corrected chi connectivity index (χ3v) is 2.04. The van der Waals surface area contributed by atoms with Crippen molar-refractivity contribution in [3.8, 4) is 5.75 Å². The highest BCUT2D eigenvalue weighted by molar-refractivity contribution is 5.80. The number of rotatable bonds is 7. The quantitative estimate of drug-likeness (QED) is 0.707. The van der Waals surface area contributed by atoms with Gasteiger partial charge in [0.15, 0.2) is 0 Å². The van der Waals surface area contributed by atoms with E-state index in [-0.39, 0.29) is 12.5 Å². The molecule has 4 nitrogen and oxygen atoms in total. The maximum Gasteiger partial charge on any atom is 0.239 e. The monoisotopic (exact) mass is 234 g/mol. The molecule has 0 spiro atoms. The van der Waals surface area contributed by atoms with Crippen molar-refractivity contribution in [1.29, 1.82) is 0 Å². The molecule has 4 heteroatoms. The van der Waals surface area contributed by atoms with Gasteiger partial charge in [0.25, 0.3) is 0 Å². The standard InChI is InChI=1S/C13H18N2O2/c1-3-8-14-13(16)10-15-11-6-5-7-12(9-11)17-4-2/h3,5-7,9,15H,1,4,8,10H2,2H3,(H,14,16). The lowest BCUT2D eigenvalue weighted by Crippen LogP contribution is -2.29. The zero-order valence-corrected chi connectivity index (χ0v) is 10.0. The number of carbonyl (C=O) groups is 1. The summed E-state index contributed by atoms with van der Waals surface area (Å²) >= 11 is 0. The van der Waals surface area contributed by atoms with Crippen LogP contribution >= 0.6 is 0 Å². The first-order valence-electron chi connectivity index (χ1n) is 5.60. The van der Waals surface area contributed by atoms with Crippen molar-refractivity contribution in [2.75, 3.05) is 25.0 Å². The average Bonchev–Trinajstić information content (AvgIpc) is 2.35. The second kappa shape index (κ2) is 7.33. The van der Waals surface area contributed by atoms with Gasteiger partial charge in [-0.3, -0.25) is 4.79 Å². The zero-order valence-electron chi connectivity index (χ0n) is 10.0. The van der Waals surface area contributed by atoms with Crippen LogP contribution in [0.25, 0.3) is 0 Å². The Hall–Kier alpha value is -1.97. The number of amides is 1. The first-order valence-corrected chi connectivity index (χ1v) is 5.60. The molecule has 0 aliphatic rings. The molecular weight excluding hydrogens is 216 g/mol. The third kappa shape index (κ3) is 5.06. The van der Waals surface area contributed by atoms with Crippen molar-refractivity contribution < 1.29 is 9.53 Å². The van der Waals surface area contributed by atoms with Gasteiger partial charge >= 0.3 is 0 Å². The highest BCUT2D eigenvalue weighted by Gasteiger charge is 2.00. The van der Waals surface area contributed by atoms with Gasteiger partial charge in [-0.15, -0.1) is 6.58 Å². The molecule has 1 amide bonds. The Kier molecular flexibility index (Phi) is 5.64. The lowest BCUT2D eigenvalue weighted by atomic mass is 10.3. The molecule has 2 N–H and O–H groups in total. The third-order valence-electron chi connectivity index (χ3n) is 2.04. The number of nitrogens with one attached hydrogen (secondary N) is 2. The molecule has 0 aliphatic carbocycles. The van der Waals surface area contributed by atoms with Gasteiger partial charge in [0.1, 0.15) is 5.75 Å². The molecule has 0 radical (unpaired) electrons. The van der Waals surface area contributed by atoms with Gasteiger partial charge in [-0.25, -0.2) is 0 Å². The predicted octanol–water partition coefficient (Wildman–Crippen LogP) is 1.80. The largest absolute Gasteiger partial charge is 0.494 e. The zero-order chi connectivity index (χ0) is 12.5. The molecule has 1 aromatic carbocycles. The molecule has 0 heterocycles. The van der Waals surface area contributed by atoms with E-state index < -0.39 is 0 Å². The van der Waals surface area contributed by atoms with Gasteiger partial charge in [0.05, 0.1) is 13.2 Å². The fourth-order valence-corrected chi connectivity index (χ4v) is 1.29. The van der Waals surface area contributed by atoms with Gasteiger partial charge in [0, 0.05) is 18.3 Å². The molecule has 1 rings (SSSR count). The minimum atomic E-state index is -0.0632. The second-order valence-electron chi connectivity index (χ2n) is 3.41. The molecule has 0 fully saturated rings. The lowest BCUT2D eigenvalue weighted by molar-refractivity contribution is -0.119. The number of benzene rings is 1. The van der Waals surface area contributed by atoms with Crippen molar-refractivity contribution in [3.05, 3.63) is 36.9 Å². The Morgan fingerprint density at radius 3 is 3.06 bits per heavy atom. The molecule has 0 aromatic heterocycles. The normalized spacial score (nSPS) is 9.47. The highest BCUT2D eigenvalue weighted by Crippen LogP contribution is 2.16. The molecule has 1 aromatic rings. The van der Waals surface area contributed by atoms with E-state index in [1.54, 1.807) is 6.08 Å². The number of hydrogen-bond donors (Lipinski definition) is 2. The van der Waals surface area contributed by atoms with Crippen molar-refractivity contribution in [2.45, 2.75) is 6.92 Å². The molecule has 0 atom stereocenters. The van der Waals surface area contributed by atoms with Crippen molar-refractivity contribution in [2.24, 2.45) is 0 Å². The van der Waals surface area contributed by atoms with Gasteiger partial charge in [0.2, 0.25) is 5.91 Å². The minimum Gasteiger partial charge on any atom is -0.494 e. The van der Waals surface area contributed by atoms with Crippen LogP contribution in [0.4, 0.5) is 5.69 Å². The van der Waals surface area contributed by atoms with Crippen molar-refractivity contribution >= 4 is 11.6 Å². The van der Waals surface area contributed by atoms with E-state index in [0.717, 1.165) is 11.4 Å². The van der Waals surface area contributed by atoms with Crippen LogP contribution in [0, 0.1) is 0 Å². The van der Waals surface area contributed by atoms with E-state index in [1.165, 1.54) is 0 Å². The molecule has 92 valence electrons. The molecule has 0 bridgehead atoms. The minimum absolute atomic E-state index is 0.0632. The Morgan fingerprint density at radius 2 is 2.35 bits per heavy atom. The predicted molar refractivity (Wildman–Crippen MR) is 69.3 cm³/mol. The summed E-state index contributed by atoms with van der Waals surface area (Å²) in [4.78, 5) is 11.3. The summed E-state index contributed by atoms with van der Waals surface area (Å²) in [6.45, 7) is 6.82. The van der Waals surface area contributed by atoms with Crippen LogP contribution in [-0.2, 0) is 4.79 Å². The summed E-state index contributed by atoms with van der Waals surface area (Å²) in [6.07, 6.45) is 1.65. The van der Waals surface area contributed by atoms with Crippen LogP contribution < -0.4 is 15.4 Å². The second-order valence-corrected chi connectivity index (χ2v) is 3.41. The summed E-state index contributed by atoms with van der Waals surface area (Å²) in [5.41, 5.74) is 0.865. The summed E-state index contributed by atoms with van der Waals surface area (Å²) < 4.78 is 5.36. The molecule has 0 saturated carbocycles. The molecule has 0 saturated heterocycles. The topological polar surface area (TPSA) is 50.4 Å². The fourth-order valence-electron chi connectivity index (χ4n) is 1.29. The van der Waals surface area contributed by atoms with Crippen LogP contribution in [0.2, 0.25) is 0 Å². The van der Waals surface area contributed by atoms with E-state index in [9.17, 15) is 4.79 Å². The van der Waals surface area contributed by atoms with Crippen LogP contribution in [0.1, 0.15) is 6.92 Å². The number of hydrogen-bond acceptors (Lipinski definition) is 3. The fraction of sp³-hybridized carbons (Fsp3) is 0.308. The Balaban J connectivity index is 2.42. The Morgan fingerprint density at radius 1 is 1.53 bits per heavy atom. The highest BCUT2D eigenvalue weighted by atomic mass is 16.5. The van der Waals surface area contributed by atoms with Crippen LogP contribution in [0.3, 0.4) is 0 Å². The SMILES string of the molecule is C=CCNC(=O)CNc1cccc(OCC)c1. The summed E-state index contributed by atoms with van der Waals surface area (Å²) in [5, 5.41) is 5.72. The maximum atomic E-state index is 11.3. The first-order chi connectivity index (χ1) is 8.26. The van der Waals surface area contributed by atoms with E-state index in [1.807, 2.05) is 31.2 Å². The van der Waals surface area contributed by atoms with E-state index >= 15 is 0 Å². The van der Waals surface area contributed by atoms with Gasteiger partial charge in [-0.05, 0) is 19.1 Å². The summed E-state index contributed by atoms with van der Waals surface area (Å²) in [6, 6.07) is 7.52. The summed E-state index contributed by atoms with van der Waals surface area (Å²) in [7, 11) is 0. The van der Waals surface area contributed by atoms with E-state index in [4.69, 9.17) is 4.74 Å². The maximum absolute atomic E-state index is 11.3. The first kappa shape index (κ1) is 13.1. The Bertz CT molecular complexity index is 377. The van der Waals surface area contributed by atoms with Crippen LogP contribution in [0.5, 0.6) is 5.75 Å². The Labute approximate surface area is 102 Å². The average molecular weight is 234 g/mol. The number of anilines is 1. The molecular formula is C13H18N2O2.